The molecule has 1 aliphatic heterocycles. The van der Waals surface area contributed by atoms with Crippen molar-refractivity contribution in [2.24, 2.45) is 0 Å². The molecule has 0 saturated heterocycles. The van der Waals surface area contributed by atoms with Crippen LogP contribution in [0.4, 0.5) is 5.69 Å². The molecule has 0 radical (unpaired) electrons. The monoisotopic (exact) mass is 241 g/mol. The molecule has 18 heavy (non-hydrogen) atoms. The number of fused-ring (bicyclic) bond motifs is 1. The topological polar surface area (TPSA) is 20.3 Å². The maximum absolute atomic E-state index is 12.2. The minimum atomic E-state index is 0.0725. The number of aryl methyl sites for hydroxylation is 2. The molecule has 1 aromatic rings. The van der Waals surface area contributed by atoms with Crippen LogP contribution in [0, 0.1) is 6.92 Å². The summed E-state index contributed by atoms with van der Waals surface area (Å²) in [5.41, 5.74) is 3.58. The molecule has 0 saturated carbocycles. The highest BCUT2D eigenvalue weighted by Gasteiger charge is 2.22. The number of benzene rings is 1. The number of anilines is 1. The fourth-order valence-corrected chi connectivity index (χ4v) is 2.41. The quantitative estimate of drug-likeness (QED) is 0.574. The Kier molecular flexibility index (Phi) is 3.98. The number of hydrogen-bond acceptors (Lipinski definition) is 1. The molecule has 0 fully saturated rings. The first kappa shape index (κ1) is 12.6. The molecule has 1 heterocycles. The molecule has 0 atom stereocenters. The Labute approximate surface area is 109 Å². The van der Waals surface area contributed by atoms with Gasteiger partial charge in [-0.2, -0.15) is 0 Å². The summed E-state index contributed by atoms with van der Waals surface area (Å²) < 4.78 is 0. The van der Waals surface area contributed by atoms with Crippen LogP contribution in [0.3, 0.4) is 0 Å². The number of rotatable bonds is 2. The summed E-state index contributed by atoms with van der Waals surface area (Å²) in [5, 5.41) is 0. The van der Waals surface area contributed by atoms with Gasteiger partial charge >= 0.3 is 0 Å². The highest BCUT2D eigenvalue weighted by atomic mass is 16.2. The zero-order chi connectivity index (χ0) is 13.0. The van der Waals surface area contributed by atoms with Crippen LogP contribution >= 0.6 is 0 Å². The highest BCUT2D eigenvalue weighted by Crippen LogP contribution is 2.30. The lowest BCUT2D eigenvalue weighted by Gasteiger charge is -2.30. The summed E-state index contributed by atoms with van der Waals surface area (Å²) in [5.74, 6) is 0.0725. The van der Waals surface area contributed by atoms with Crippen LogP contribution in [0.15, 0.2) is 42.5 Å². The zero-order valence-corrected chi connectivity index (χ0v) is 11.0. The van der Waals surface area contributed by atoms with E-state index in [1.54, 1.807) is 12.2 Å². The van der Waals surface area contributed by atoms with E-state index in [9.17, 15) is 4.79 Å². The lowest BCUT2D eigenvalue weighted by Crippen LogP contribution is -2.34. The van der Waals surface area contributed by atoms with Gasteiger partial charge in [0.25, 0.3) is 5.91 Å². The van der Waals surface area contributed by atoms with Gasteiger partial charge in [-0.25, -0.2) is 0 Å². The average Bonchev–Trinajstić information content (AvgIpc) is 2.38. The maximum Gasteiger partial charge on any atom is 0.250 e. The van der Waals surface area contributed by atoms with Gasteiger partial charge in [0.1, 0.15) is 0 Å². The summed E-state index contributed by atoms with van der Waals surface area (Å²) in [6, 6.07) is 6.26. The fourth-order valence-electron chi connectivity index (χ4n) is 2.41. The van der Waals surface area contributed by atoms with Gasteiger partial charge in [-0.3, -0.25) is 4.79 Å². The summed E-state index contributed by atoms with van der Waals surface area (Å²) in [6.07, 6.45) is 9.34. The largest absolute Gasteiger partial charge is 0.308 e. The SMILES string of the molecule is CC=CC=CC(=O)N1CCCc2cccc(C)c21. The molecule has 2 heteroatoms. The van der Waals surface area contributed by atoms with E-state index in [0.29, 0.717) is 0 Å². The van der Waals surface area contributed by atoms with Crippen molar-refractivity contribution in [2.45, 2.75) is 26.7 Å². The second-order valence-electron chi connectivity index (χ2n) is 4.56. The van der Waals surface area contributed by atoms with Crippen LogP contribution < -0.4 is 4.90 Å². The molecular formula is C16H19NO. The van der Waals surface area contributed by atoms with Gasteiger partial charge in [-0.15, -0.1) is 0 Å². The van der Waals surface area contributed by atoms with Gasteiger partial charge in [0.05, 0.1) is 5.69 Å². The Morgan fingerprint density at radius 2 is 2.17 bits per heavy atom. The van der Waals surface area contributed by atoms with Crippen LogP contribution in [0.5, 0.6) is 0 Å². The summed E-state index contributed by atoms with van der Waals surface area (Å²) in [6.45, 7) is 4.83. The third kappa shape index (κ3) is 2.53. The predicted molar refractivity (Wildman–Crippen MR) is 75.8 cm³/mol. The third-order valence-corrected chi connectivity index (χ3v) is 3.23. The molecule has 0 spiro atoms. The molecule has 2 rings (SSSR count). The molecule has 0 aromatic heterocycles. The van der Waals surface area contributed by atoms with E-state index in [4.69, 9.17) is 0 Å². The number of nitrogens with zero attached hydrogens (tertiary/aromatic N) is 1. The Morgan fingerprint density at radius 3 is 2.94 bits per heavy atom. The van der Waals surface area contributed by atoms with Crippen LogP contribution in [-0.4, -0.2) is 12.5 Å². The van der Waals surface area contributed by atoms with Crippen molar-refractivity contribution in [3.8, 4) is 0 Å². The van der Waals surface area contributed by atoms with E-state index in [-0.39, 0.29) is 5.91 Å². The van der Waals surface area contributed by atoms with Gasteiger partial charge in [0, 0.05) is 12.6 Å². The third-order valence-electron chi connectivity index (χ3n) is 3.23. The van der Waals surface area contributed by atoms with Crippen LogP contribution in [0.2, 0.25) is 0 Å². The molecule has 1 amide bonds. The van der Waals surface area contributed by atoms with Crippen molar-refractivity contribution >= 4 is 11.6 Å². The van der Waals surface area contributed by atoms with E-state index in [2.05, 4.69) is 25.1 Å². The van der Waals surface area contributed by atoms with E-state index < -0.39 is 0 Å². The second-order valence-corrected chi connectivity index (χ2v) is 4.56. The predicted octanol–water partition coefficient (Wildman–Crippen LogP) is 3.41. The number of carbonyl (C=O) groups excluding carboxylic acids is 1. The zero-order valence-electron chi connectivity index (χ0n) is 11.0. The highest BCUT2D eigenvalue weighted by molar-refractivity contribution is 6.02. The molecule has 0 N–H and O–H groups in total. The Hall–Kier alpha value is -1.83. The van der Waals surface area contributed by atoms with E-state index in [1.807, 2.05) is 24.0 Å². The lowest BCUT2D eigenvalue weighted by atomic mass is 9.98. The molecule has 0 bridgehead atoms. The first-order valence-electron chi connectivity index (χ1n) is 6.43. The normalized spacial score (nSPS) is 15.3. The first-order chi connectivity index (χ1) is 8.74. The van der Waals surface area contributed by atoms with Gasteiger partial charge in [0.15, 0.2) is 0 Å². The lowest BCUT2D eigenvalue weighted by molar-refractivity contribution is -0.114. The molecular weight excluding hydrogens is 222 g/mol. The van der Waals surface area contributed by atoms with Crippen molar-refractivity contribution in [3.05, 3.63) is 53.6 Å². The van der Waals surface area contributed by atoms with Crippen molar-refractivity contribution in [1.82, 2.24) is 0 Å². The fraction of sp³-hybridized carbons (Fsp3) is 0.312. The van der Waals surface area contributed by atoms with Crippen molar-refractivity contribution in [3.63, 3.8) is 0 Å². The van der Waals surface area contributed by atoms with E-state index >= 15 is 0 Å². The maximum atomic E-state index is 12.2. The van der Waals surface area contributed by atoms with E-state index in [0.717, 1.165) is 25.1 Å². The molecule has 2 nitrogen and oxygen atoms in total. The smallest absolute Gasteiger partial charge is 0.250 e. The van der Waals surface area contributed by atoms with Crippen LogP contribution in [-0.2, 0) is 11.2 Å². The average molecular weight is 241 g/mol. The number of carbonyl (C=O) groups is 1. The Morgan fingerprint density at radius 1 is 1.33 bits per heavy atom. The number of hydrogen-bond donors (Lipinski definition) is 0. The van der Waals surface area contributed by atoms with Gasteiger partial charge < -0.3 is 4.90 Å². The summed E-state index contributed by atoms with van der Waals surface area (Å²) in [7, 11) is 0. The number of amides is 1. The standard InChI is InChI=1S/C16H19NO/c1-3-4-5-11-15(18)17-12-7-10-14-9-6-8-13(2)16(14)17/h3-6,8-9,11H,7,10,12H2,1-2H3. The Bertz CT molecular complexity index is 500. The molecule has 0 aliphatic carbocycles. The molecule has 94 valence electrons. The molecule has 1 aromatic carbocycles. The molecule has 1 aliphatic rings. The van der Waals surface area contributed by atoms with Crippen molar-refractivity contribution in [2.75, 3.05) is 11.4 Å². The van der Waals surface area contributed by atoms with Gasteiger partial charge in [-0.1, -0.05) is 36.4 Å². The minimum Gasteiger partial charge on any atom is -0.308 e. The van der Waals surface area contributed by atoms with Gasteiger partial charge in [-0.05, 0) is 37.8 Å². The van der Waals surface area contributed by atoms with E-state index in [1.165, 1.54) is 11.1 Å². The summed E-state index contributed by atoms with van der Waals surface area (Å²) in [4.78, 5) is 14.1. The number of allylic oxidation sites excluding steroid dienone is 3. The minimum absolute atomic E-state index is 0.0725. The van der Waals surface area contributed by atoms with Gasteiger partial charge in [0.2, 0.25) is 0 Å². The first-order valence-corrected chi connectivity index (χ1v) is 6.43. The van der Waals surface area contributed by atoms with Crippen LogP contribution in [0.25, 0.3) is 0 Å². The van der Waals surface area contributed by atoms with Crippen molar-refractivity contribution in [1.29, 1.82) is 0 Å². The molecule has 0 unspecified atom stereocenters. The van der Waals surface area contributed by atoms with Crippen LogP contribution in [0.1, 0.15) is 24.5 Å². The summed E-state index contributed by atoms with van der Waals surface area (Å²) >= 11 is 0. The number of para-hydroxylation sites is 1. The second kappa shape index (κ2) is 5.67. The Balaban J connectivity index is 2.30. The van der Waals surface area contributed by atoms with Crippen molar-refractivity contribution < 1.29 is 4.79 Å².